The van der Waals surface area contributed by atoms with Gasteiger partial charge in [0.05, 0.1) is 18.0 Å². The molecule has 1 aromatic heterocycles. The average molecular weight is 343 g/mol. The molecule has 0 aliphatic heterocycles. The molecule has 24 heavy (non-hydrogen) atoms. The van der Waals surface area contributed by atoms with Crippen LogP contribution in [0.4, 0.5) is 5.69 Å². The highest BCUT2D eigenvalue weighted by Crippen LogP contribution is 2.22. The molecule has 0 saturated heterocycles. The summed E-state index contributed by atoms with van der Waals surface area (Å²) < 4.78 is 5.22. The van der Waals surface area contributed by atoms with Crippen molar-refractivity contribution in [2.75, 3.05) is 12.4 Å². The van der Waals surface area contributed by atoms with Gasteiger partial charge in [-0.15, -0.1) is 0 Å². The summed E-state index contributed by atoms with van der Waals surface area (Å²) in [6.45, 7) is 1.83. The molecule has 1 amide bonds. The number of carbonyl (C=O) groups excluding carboxylic acids is 1. The predicted molar refractivity (Wildman–Crippen MR) is 95.3 cm³/mol. The number of hydrogen-bond donors (Lipinski definition) is 2. The van der Waals surface area contributed by atoms with Crippen LogP contribution >= 0.6 is 11.6 Å². The molecule has 0 fully saturated rings. The Labute approximate surface area is 143 Å². The third kappa shape index (κ3) is 2.86. The van der Waals surface area contributed by atoms with Crippen LogP contribution < -0.4 is 15.5 Å². The number of rotatable bonds is 3. The molecular weight excluding hydrogens is 328 g/mol. The molecule has 0 spiro atoms. The number of pyridine rings is 1. The van der Waals surface area contributed by atoms with Crippen molar-refractivity contribution in [1.29, 1.82) is 0 Å². The lowest BCUT2D eigenvalue weighted by Crippen LogP contribution is -2.22. The molecule has 1 heterocycles. The van der Waals surface area contributed by atoms with Crippen molar-refractivity contribution in [3.8, 4) is 5.75 Å². The molecule has 3 aromatic rings. The monoisotopic (exact) mass is 342 g/mol. The first-order valence-electron chi connectivity index (χ1n) is 7.27. The quantitative estimate of drug-likeness (QED) is 0.761. The first-order chi connectivity index (χ1) is 11.5. The lowest BCUT2D eigenvalue weighted by molar-refractivity contribution is 0.102. The zero-order valence-electron chi connectivity index (χ0n) is 13.1. The van der Waals surface area contributed by atoms with Gasteiger partial charge in [-0.3, -0.25) is 9.59 Å². The highest BCUT2D eigenvalue weighted by molar-refractivity contribution is 6.30. The van der Waals surface area contributed by atoms with Crippen LogP contribution in [0.5, 0.6) is 5.75 Å². The molecule has 6 heteroatoms. The van der Waals surface area contributed by atoms with Crippen molar-refractivity contribution in [3.05, 3.63) is 69.0 Å². The van der Waals surface area contributed by atoms with E-state index in [1.165, 1.54) is 13.3 Å². The van der Waals surface area contributed by atoms with Crippen molar-refractivity contribution < 1.29 is 9.53 Å². The number of H-pyrrole nitrogens is 1. The number of anilines is 1. The minimum Gasteiger partial charge on any atom is -0.495 e. The van der Waals surface area contributed by atoms with E-state index in [2.05, 4.69) is 10.3 Å². The van der Waals surface area contributed by atoms with E-state index in [1.54, 1.807) is 36.4 Å². The van der Waals surface area contributed by atoms with E-state index in [0.29, 0.717) is 27.4 Å². The van der Waals surface area contributed by atoms with Crippen LogP contribution in [-0.4, -0.2) is 18.0 Å². The third-order valence-corrected chi connectivity index (χ3v) is 4.01. The number of aromatic nitrogens is 1. The Morgan fingerprint density at radius 2 is 2.04 bits per heavy atom. The minimum atomic E-state index is -0.480. The number of fused-ring (bicyclic) bond motifs is 1. The van der Waals surface area contributed by atoms with Gasteiger partial charge in [-0.05, 0) is 42.8 Å². The zero-order chi connectivity index (χ0) is 17.3. The maximum atomic E-state index is 12.6. The standard InChI is InChI=1S/C18H15ClN2O3/c1-10-8-11(19)6-7-14(10)21-18(23)13-9-20-16-12(17(13)22)4-3-5-15(16)24-2/h3-9H,1-2H3,(H,20,22)(H,21,23). The van der Waals surface area contributed by atoms with Crippen LogP contribution in [0.3, 0.4) is 0 Å². The van der Waals surface area contributed by atoms with Crippen molar-refractivity contribution >= 4 is 34.1 Å². The van der Waals surface area contributed by atoms with Crippen LogP contribution in [0.25, 0.3) is 10.9 Å². The fraction of sp³-hybridized carbons (Fsp3) is 0.111. The topological polar surface area (TPSA) is 71.2 Å². The Balaban J connectivity index is 2.01. The molecule has 2 aromatic carbocycles. The van der Waals surface area contributed by atoms with Crippen LogP contribution in [-0.2, 0) is 0 Å². The smallest absolute Gasteiger partial charge is 0.261 e. The second-order valence-electron chi connectivity index (χ2n) is 5.33. The van der Waals surface area contributed by atoms with Crippen LogP contribution in [0, 0.1) is 6.92 Å². The molecular formula is C18H15ClN2O3. The van der Waals surface area contributed by atoms with Gasteiger partial charge in [0.25, 0.3) is 5.91 Å². The summed E-state index contributed by atoms with van der Waals surface area (Å²) in [4.78, 5) is 28.0. The van der Waals surface area contributed by atoms with Crippen molar-refractivity contribution in [2.45, 2.75) is 6.92 Å². The fourth-order valence-corrected chi connectivity index (χ4v) is 2.75. The maximum absolute atomic E-state index is 12.6. The maximum Gasteiger partial charge on any atom is 0.261 e. The Bertz CT molecular complexity index is 995. The Morgan fingerprint density at radius 3 is 2.75 bits per heavy atom. The lowest BCUT2D eigenvalue weighted by Gasteiger charge is -2.10. The predicted octanol–water partition coefficient (Wildman–Crippen LogP) is 3.75. The van der Waals surface area contributed by atoms with Crippen molar-refractivity contribution in [1.82, 2.24) is 4.98 Å². The van der Waals surface area contributed by atoms with E-state index in [4.69, 9.17) is 16.3 Å². The summed E-state index contributed by atoms with van der Waals surface area (Å²) in [5, 5.41) is 3.72. The highest BCUT2D eigenvalue weighted by atomic mass is 35.5. The van der Waals surface area contributed by atoms with Gasteiger partial charge in [0.1, 0.15) is 11.3 Å². The van der Waals surface area contributed by atoms with Gasteiger partial charge in [0.15, 0.2) is 0 Å². The molecule has 2 N–H and O–H groups in total. The second-order valence-corrected chi connectivity index (χ2v) is 5.76. The summed E-state index contributed by atoms with van der Waals surface area (Å²) >= 11 is 5.91. The number of hydrogen-bond acceptors (Lipinski definition) is 3. The van der Waals surface area contributed by atoms with Gasteiger partial charge < -0.3 is 15.0 Å². The van der Waals surface area contributed by atoms with Crippen LogP contribution in [0.15, 0.2) is 47.4 Å². The Morgan fingerprint density at radius 1 is 1.25 bits per heavy atom. The second kappa shape index (κ2) is 6.37. The number of amides is 1. The molecule has 5 nitrogen and oxygen atoms in total. The molecule has 0 unspecified atom stereocenters. The summed E-state index contributed by atoms with van der Waals surface area (Å²) in [7, 11) is 1.52. The molecule has 0 bridgehead atoms. The third-order valence-electron chi connectivity index (χ3n) is 3.78. The number of carbonyl (C=O) groups is 1. The van der Waals surface area contributed by atoms with Gasteiger partial charge in [-0.1, -0.05) is 17.7 Å². The van der Waals surface area contributed by atoms with E-state index in [0.717, 1.165) is 5.56 Å². The lowest BCUT2D eigenvalue weighted by atomic mass is 10.1. The SMILES string of the molecule is COc1cccc2c(=O)c(C(=O)Nc3ccc(Cl)cc3C)c[nH]c12. The minimum absolute atomic E-state index is 0.0325. The van der Waals surface area contributed by atoms with E-state index in [9.17, 15) is 9.59 Å². The van der Waals surface area contributed by atoms with E-state index < -0.39 is 5.91 Å². The molecule has 122 valence electrons. The molecule has 0 atom stereocenters. The molecule has 0 saturated carbocycles. The zero-order valence-corrected chi connectivity index (χ0v) is 13.9. The highest BCUT2D eigenvalue weighted by Gasteiger charge is 2.15. The van der Waals surface area contributed by atoms with E-state index in [1.807, 2.05) is 6.92 Å². The van der Waals surface area contributed by atoms with E-state index >= 15 is 0 Å². The van der Waals surface area contributed by atoms with Gasteiger partial charge in [0, 0.05) is 16.9 Å². The number of halogens is 1. The summed E-state index contributed by atoms with van der Waals surface area (Å²) in [6.07, 6.45) is 1.40. The normalized spacial score (nSPS) is 10.6. The van der Waals surface area contributed by atoms with Gasteiger partial charge in [-0.25, -0.2) is 0 Å². The first-order valence-corrected chi connectivity index (χ1v) is 7.65. The van der Waals surface area contributed by atoms with Gasteiger partial charge >= 0.3 is 0 Å². The molecule has 3 rings (SSSR count). The number of methoxy groups -OCH3 is 1. The molecule has 0 aliphatic carbocycles. The number of ether oxygens (including phenoxy) is 1. The van der Waals surface area contributed by atoms with Gasteiger partial charge in [-0.2, -0.15) is 0 Å². The average Bonchev–Trinajstić information content (AvgIpc) is 2.57. The van der Waals surface area contributed by atoms with Crippen LogP contribution in [0.1, 0.15) is 15.9 Å². The summed E-state index contributed by atoms with van der Waals surface area (Å²) in [6, 6.07) is 10.2. The van der Waals surface area contributed by atoms with Crippen LogP contribution in [0.2, 0.25) is 5.02 Å². The first kappa shape index (κ1) is 16.1. The summed E-state index contributed by atoms with van der Waals surface area (Å²) in [5.74, 6) is 0.0662. The molecule has 0 radical (unpaired) electrons. The van der Waals surface area contributed by atoms with Crippen molar-refractivity contribution in [2.24, 2.45) is 0 Å². The number of aromatic amines is 1. The van der Waals surface area contributed by atoms with Crippen molar-refractivity contribution in [3.63, 3.8) is 0 Å². The number of nitrogens with one attached hydrogen (secondary N) is 2. The Hall–Kier alpha value is -2.79. The number of aryl methyl sites for hydroxylation is 1. The molecule has 0 aliphatic rings. The number of para-hydroxylation sites is 1. The Kier molecular flexibility index (Phi) is 4.27. The van der Waals surface area contributed by atoms with E-state index in [-0.39, 0.29) is 11.0 Å². The largest absolute Gasteiger partial charge is 0.495 e. The fourth-order valence-electron chi connectivity index (χ4n) is 2.52. The number of benzene rings is 2. The van der Waals surface area contributed by atoms with Gasteiger partial charge in [0.2, 0.25) is 5.43 Å². The summed E-state index contributed by atoms with van der Waals surface area (Å²) in [5.41, 5.74) is 1.66.